The Labute approximate surface area is 245 Å². The molecule has 41 heavy (non-hydrogen) atoms. The standard InChI is InChI=1S/C33H52O8/c1-7-8-9-10-13-39-28-26(35)29(41-21(5)27(28)38-6)40-18-32-16-23-20(4)11-12-24(23)31(17-34)15-22(32)14-25(19(2)3)33(31,32)30(36)37/h14,17,19-24,26-29,35H,7-13,15-16,18H2,1-6H3,(H,36,37)/t20?,21-,22?,23?,24?,26+,27-,28+,29-,31?,32?,33?/m1/s1. The van der Waals surface area contributed by atoms with Crippen molar-refractivity contribution in [1.29, 1.82) is 0 Å². The van der Waals surface area contributed by atoms with Crippen LogP contribution in [0.1, 0.15) is 86.0 Å². The van der Waals surface area contributed by atoms with Crippen molar-refractivity contribution < 1.29 is 38.7 Å². The third-order valence-corrected chi connectivity index (χ3v) is 12.0. The number of fused-ring (bicyclic) bond motifs is 2. The zero-order valence-corrected chi connectivity index (χ0v) is 25.8. The summed E-state index contributed by atoms with van der Waals surface area (Å²) in [6.45, 7) is 11.0. The fourth-order valence-electron chi connectivity index (χ4n) is 10.3. The number of carbonyl (C=O) groups is 2. The van der Waals surface area contributed by atoms with Gasteiger partial charge in [0.25, 0.3) is 0 Å². The summed E-state index contributed by atoms with van der Waals surface area (Å²) >= 11 is 0. The fraction of sp³-hybridized carbons (Fsp3) is 0.879. The fourth-order valence-corrected chi connectivity index (χ4v) is 10.3. The van der Waals surface area contributed by atoms with E-state index in [1.807, 2.05) is 20.8 Å². The molecular weight excluding hydrogens is 524 g/mol. The van der Waals surface area contributed by atoms with E-state index in [1.165, 1.54) is 0 Å². The van der Waals surface area contributed by atoms with E-state index in [2.05, 4.69) is 19.9 Å². The Balaban J connectivity index is 1.45. The summed E-state index contributed by atoms with van der Waals surface area (Å²) in [5.74, 6) is -0.221. The normalized spacial score (nSPS) is 46.5. The van der Waals surface area contributed by atoms with Gasteiger partial charge in [-0.2, -0.15) is 0 Å². The number of carbonyl (C=O) groups excluding carboxylic acids is 1. The van der Waals surface area contributed by atoms with Crippen molar-refractivity contribution in [3.63, 3.8) is 0 Å². The lowest BCUT2D eigenvalue weighted by molar-refractivity contribution is -0.313. The monoisotopic (exact) mass is 576 g/mol. The summed E-state index contributed by atoms with van der Waals surface area (Å²) in [4.78, 5) is 26.9. The number of rotatable bonds is 13. The molecule has 0 amide bonds. The van der Waals surface area contributed by atoms with Gasteiger partial charge in [-0.3, -0.25) is 4.79 Å². The summed E-state index contributed by atoms with van der Waals surface area (Å²) < 4.78 is 24.6. The summed E-state index contributed by atoms with van der Waals surface area (Å²) in [5, 5.41) is 22.6. The number of carboxylic acids is 1. The van der Waals surface area contributed by atoms with E-state index in [0.717, 1.165) is 50.4 Å². The topological polar surface area (TPSA) is 112 Å². The lowest BCUT2D eigenvalue weighted by Gasteiger charge is -2.58. The zero-order chi connectivity index (χ0) is 29.7. The number of aliphatic hydroxyl groups excluding tert-OH is 1. The molecule has 4 fully saturated rings. The number of unbranched alkanes of at least 4 members (excludes halogenated alkanes) is 3. The number of ether oxygens (including phenoxy) is 4. The number of hydrogen-bond donors (Lipinski definition) is 2. The highest BCUT2D eigenvalue weighted by atomic mass is 16.7. The predicted octanol–water partition coefficient (Wildman–Crippen LogP) is 5.01. The van der Waals surface area contributed by atoms with Crippen LogP contribution >= 0.6 is 0 Å². The van der Waals surface area contributed by atoms with Crippen molar-refractivity contribution in [2.75, 3.05) is 20.3 Å². The Hall–Kier alpha value is -1.32. The maximum atomic E-state index is 13.7. The molecule has 0 radical (unpaired) electrons. The Morgan fingerprint density at radius 3 is 2.54 bits per heavy atom. The third kappa shape index (κ3) is 4.33. The number of allylic oxidation sites excluding steroid dienone is 1. The predicted molar refractivity (Wildman–Crippen MR) is 153 cm³/mol. The number of aliphatic carboxylic acids is 1. The van der Waals surface area contributed by atoms with Crippen molar-refractivity contribution >= 4 is 12.3 Å². The van der Waals surface area contributed by atoms with Gasteiger partial charge in [-0.1, -0.05) is 65.0 Å². The SMILES string of the molecule is CCCCCCO[C@H]1[C@H](O)[C@H](OCC23CC4C(C)CCC4C4(C=O)CC2C=C(C(C)C)C43C(=O)O)O[C@H](C)[C@H]1OC. The highest BCUT2D eigenvalue weighted by Gasteiger charge is 2.84. The first-order valence-corrected chi connectivity index (χ1v) is 16.1. The van der Waals surface area contributed by atoms with E-state index in [4.69, 9.17) is 18.9 Å². The van der Waals surface area contributed by atoms with E-state index in [9.17, 15) is 19.8 Å². The second-order valence-corrected chi connectivity index (χ2v) is 14.1. The maximum absolute atomic E-state index is 13.7. The van der Waals surface area contributed by atoms with Crippen LogP contribution in [-0.2, 0) is 28.5 Å². The first-order valence-electron chi connectivity index (χ1n) is 16.1. The molecule has 2 N–H and O–H groups in total. The summed E-state index contributed by atoms with van der Waals surface area (Å²) in [5.41, 5.74) is -2.16. The van der Waals surface area contributed by atoms with Crippen molar-refractivity contribution in [3.8, 4) is 0 Å². The smallest absolute Gasteiger partial charge is 0.315 e. The lowest BCUT2D eigenvalue weighted by atomic mass is 9.43. The largest absolute Gasteiger partial charge is 0.481 e. The molecule has 7 unspecified atom stereocenters. The average Bonchev–Trinajstić information content (AvgIpc) is 3.51. The Kier molecular flexibility index (Phi) is 8.84. The molecule has 0 aromatic rings. The first-order chi connectivity index (χ1) is 19.6. The molecule has 8 nitrogen and oxygen atoms in total. The minimum atomic E-state index is -1.32. The van der Waals surface area contributed by atoms with Gasteiger partial charge < -0.3 is 34.0 Å². The average molecular weight is 577 g/mol. The molecule has 5 aliphatic rings. The van der Waals surface area contributed by atoms with Gasteiger partial charge in [0, 0.05) is 19.1 Å². The van der Waals surface area contributed by atoms with Crippen LogP contribution in [0.4, 0.5) is 0 Å². The number of methoxy groups -OCH3 is 1. The summed E-state index contributed by atoms with van der Waals surface area (Å²) in [6, 6.07) is 0. The molecule has 12 atom stereocenters. The molecule has 0 aromatic heterocycles. The van der Waals surface area contributed by atoms with Crippen molar-refractivity contribution in [3.05, 3.63) is 11.6 Å². The van der Waals surface area contributed by atoms with Crippen LogP contribution < -0.4 is 0 Å². The van der Waals surface area contributed by atoms with Crippen LogP contribution in [0.3, 0.4) is 0 Å². The van der Waals surface area contributed by atoms with Gasteiger partial charge in [0.2, 0.25) is 0 Å². The van der Waals surface area contributed by atoms with Gasteiger partial charge in [-0.15, -0.1) is 0 Å². The van der Waals surface area contributed by atoms with Crippen LogP contribution in [0.25, 0.3) is 0 Å². The molecule has 1 aliphatic heterocycles. The first kappa shape index (κ1) is 31.1. The van der Waals surface area contributed by atoms with Crippen LogP contribution in [0.5, 0.6) is 0 Å². The van der Waals surface area contributed by atoms with Crippen molar-refractivity contribution in [2.45, 2.75) is 117 Å². The van der Waals surface area contributed by atoms with Gasteiger partial charge in [-0.25, -0.2) is 0 Å². The van der Waals surface area contributed by atoms with Crippen molar-refractivity contribution in [1.82, 2.24) is 0 Å². The zero-order valence-electron chi connectivity index (χ0n) is 25.8. The van der Waals surface area contributed by atoms with E-state index in [1.54, 1.807) is 7.11 Å². The van der Waals surface area contributed by atoms with Gasteiger partial charge in [-0.05, 0) is 62.2 Å². The number of hydrogen-bond acceptors (Lipinski definition) is 7. The Morgan fingerprint density at radius 1 is 1.15 bits per heavy atom. The molecule has 0 spiro atoms. The van der Waals surface area contributed by atoms with Crippen LogP contribution in [0, 0.1) is 45.8 Å². The van der Waals surface area contributed by atoms with E-state index in [-0.39, 0.29) is 36.4 Å². The van der Waals surface area contributed by atoms with E-state index >= 15 is 0 Å². The van der Waals surface area contributed by atoms with Crippen molar-refractivity contribution in [2.24, 2.45) is 45.8 Å². The van der Waals surface area contributed by atoms with Gasteiger partial charge in [0.1, 0.15) is 30.0 Å². The molecule has 4 aliphatic carbocycles. The van der Waals surface area contributed by atoms with Gasteiger partial charge >= 0.3 is 5.97 Å². The molecule has 8 heteroatoms. The molecule has 3 saturated carbocycles. The van der Waals surface area contributed by atoms with Gasteiger partial charge in [0.05, 0.1) is 18.1 Å². The van der Waals surface area contributed by atoms with Crippen LogP contribution in [0.15, 0.2) is 11.6 Å². The highest BCUT2D eigenvalue weighted by Crippen LogP contribution is 2.82. The van der Waals surface area contributed by atoms with Crippen LogP contribution in [0.2, 0.25) is 0 Å². The second kappa shape index (κ2) is 11.6. The Bertz CT molecular complexity index is 1010. The molecule has 5 rings (SSSR count). The molecule has 0 aromatic carbocycles. The molecule has 232 valence electrons. The van der Waals surface area contributed by atoms with E-state index in [0.29, 0.717) is 25.4 Å². The van der Waals surface area contributed by atoms with Crippen LogP contribution in [-0.4, -0.2) is 73.5 Å². The Morgan fingerprint density at radius 2 is 1.90 bits per heavy atom. The number of aliphatic hydroxyl groups is 1. The quantitative estimate of drug-likeness (QED) is 0.179. The minimum absolute atomic E-state index is 0.00466. The second-order valence-electron chi connectivity index (χ2n) is 14.1. The lowest BCUT2D eigenvalue weighted by Crippen LogP contribution is -2.64. The number of aldehydes is 1. The van der Waals surface area contributed by atoms with Gasteiger partial charge in [0.15, 0.2) is 6.29 Å². The molecule has 4 bridgehead atoms. The molecular formula is C33H52O8. The summed E-state index contributed by atoms with van der Waals surface area (Å²) in [7, 11) is 1.59. The maximum Gasteiger partial charge on any atom is 0.315 e. The molecule has 1 heterocycles. The minimum Gasteiger partial charge on any atom is -0.481 e. The highest BCUT2D eigenvalue weighted by molar-refractivity contribution is 5.90. The summed E-state index contributed by atoms with van der Waals surface area (Å²) in [6.07, 6.45) is 7.07. The third-order valence-electron chi connectivity index (χ3n) is 12.0. The molecule has 1 saturated heterocycles. The number of carboxylic acid groups (broad SMARTS) is 1. The van der Waals surface area contributed by atoms with E-state index < -0.39 is 46.8 Å².